The van der Waals surface area contributed by atoms with E-state index in [9.17, 15) is 4.79 Å². The van der Waals surface area contributed by atoms with Gasteiger partial charge < -0.3 is 9.64 Å². The highest BCUT2D eigenvalue weighted by Gasteiger charge is 2.30. The van der Waals surface area contributed by atoms with Gasteiger partial charge in [-0.05, 0) is 48.6 Å². The van der Waals surface area contributed by atoms with Crippen molar-refractivity contribution in [1.29, 1.82) is 0 Å². The van der Waals surface area contributed by atoms with E-state index < -0.39 is 0 Å². The fraction of sp³-hybridized carbons (Fsp3) is 0.350. The minimum absolute atomic E-state index is 0.0855. The Morgan fingerprint density at radius 2 is 1.87 bits per heavy atom. The molecule has 1 unspecified atom stereocenters. The zero-order chi connectivity index (χ0) is 16.4. The van der Waals surface area contributed by atoms with Gasteiger partial charge in [-0.2, -0.15) is 0 Å². The summed E-state index contributed by atoms with van der Waals surface area (Å²) in [5.41, 5.74) is 5.56. The first-order chi connectivity index (χ1) is 11.1. The molecule has 0 N–H and O–H groups in total. The standard InChI is InChI=1S/C20H23NO2/c1-14-7-6-10-19(15(14)2)20(22)21-12-17-9-5-4-8-16(17)11-18(21)13-23-3/h4-10,18H,11-13H2,1-3H3. The number of methoxy groups -OCH3 is 1. The summed E-state index contributed by atoms with van der Waals surface area (Å²) in [7, 11) is 1.70. The Labute approximate surface area is 137 Å². The molecule has 3 heteroatoms. The highest BCUT2D eigenvalue weighted by molar-refractivity contribution is 5.96. The normalized spacial score (nSPS) is 17.0. The fourth-order valence-electron chi connectivity index (χ4n) is 3.30. The van der Waals surface area contributed by atoms with Crippen molar-refractivity contribution in [2.24, 2.45) is 0 Å². The largest absolute Gasteiger partial charge is 0.383 e. The van der Waals surface area contributed by atoms with E-state index in [0.29, 0.717) is 13.2 Å². The van der Waals surface area contributed by atoms with Gasteiger partial charge in [0.15, 0.2) is 0 Å². The molecule has 2 aromatic rings. The Balaban J connectivity index is 1.96. The number of rotatable bonds is 3. The van der Waals surface area contributed by atoms with Crippen molar-refractivity contribution >= 4 is 5.91 Å². The van der Waals surface area contributed by atoms with Crippen LogP contribution in [0.3, 0.4) is 0 Å². The number of nitrogens with zero attached hydrogens (tertiary/aromatic N) is 1. The van der Waals surface area contributed by atoms with E-state index in [1.807, 2.05) is 43.0 Å². The number of aryl methyl sites for hydroxylation is 1. The molecule has 23 heavy (non-hydrogen) atoms. The Bertz CT molecular complexity index is 723. The highest BCUT2D eigenvalue weighted by Crippen LogP contribution is 2.26. The van der Waals surface area contributed by atoms with Gasteiger partial charge in [0.2, 0.25) is 0 Å². The Morgan fingerprint density at radius 3 is 2.61 bits per heavy atom. The van der Waals surface area contributed by atoms with Crippen molar-refractivity contribution in [3.05, 3.63) is 70.3 Å². The van der Waals surface area contributed by atoms with Crippen LogP contribution < -0.4 is 0 Å². The first kappa shape index (κ1) is 15.8. The lowest BCUT2D eigenvalue weighted by atomic mass is 9.93. The Kier molecular flexibility index (Phi) is 4.49. The Morgan fingerprint density at radius 1 is 1.13 bits per heavy atom. The van der Waals surface area contributed by atoms with Crippen LogP contribution in [0.4, 0.5) is 0 Å². The molecule has 0 aromatic heterocycles. The molecule has 1 amide bonds. The van der Waals surface area contributed by atoms with Crippen molar-refractivity contribution in [2.75, 3.05) is 13.7 Å². The molecule has 1 heterocycles. The average molecular weight is 309 g/mol. The summed E-state index contributed by atoms with van der Waals surface area (Å²) in [5, 5.41) is 0. The summed E-state index contributed by atoms with van der Waals surface area (Å²) in [6, 6.07) is 14.4. The van der Waals surface area contributed by atoms with E-state index in [0.717, 1.165) is 23.1 Å². The first-order valence-electron chi connectivity index (χ1n) is 8.04. The van der Waals surface area contributed by atoms with E-state index >= 15 is 0 Å². The van der Waals surface area contributed by atoms with Crippen molar-refractivity contribution < 1.29 is 9.53 Å². The molecule has 1 atom stereocenters. The van der Waals surface area contributed by atoms with Gasteiger partial charge in [0, 0.05) is 19.2 Å². The molecule has 0 radical (unpaired) electrons. The van der Waals surface area contributed by atoms with Crippen molar-refractivity contribution in [3.8, 4) is 0 Å². The third-order valence-electron chi connectivity index (χ3n) is 4.81. The molecule has 0 saturated heterocycles. The maximum Gasteiger partial charge on any atom is 0.254 e. The number of hydrogen-bond donors (Lipinski definition) is 0. The third kappa shape index (κ3) is 3.02. The summed E-state index contributed by atoms with van der Waals surface area (Å²) < 4.78 is 5.37. The van der Waals surface area contributed by atoms with Crippen molar-refractivity contribution in [1.82, 2.24) is 4.90 Å². The van der Waals surface area contributed by atoms with Gasteiger partial charge in [0.25, 0.3) is 5.91 Å². The van der Waals surface area contributed by atoms with Crippen molar-refractivity contribution in [2.45, 2.75) is 32.9 Å². The van der Waals surface area contributed by atoms with E-state index in [4.69, 9.17) is 4.74 Å². The smallest absolute Gasteiger partial charge is 0.254 e. The summed E-state index contributed by atoms with van der Waals surface area (Å²) in [6.45, 7) is 5.28. The van der Waals surface area contributed by atoms with Crippen LogP contribution >= 0.6 is 0 Å². The molecule has 0 bridgehead atoms. The summed E-state index contributed by atoms with van der Waals surface area (Å²) in [6.07, 6.45) is 0.848. The van der Waals surface area contributed by atoms with E-state index in [1.54, 1.807) is 7.11 Å². The lowest BCUT2D eigenvalue weighted by Crippen LogP contribution is -2.46. The number of ether oxygens (including phenoxy) is 1. The van der Waals surface area contributed by atoms with Gasteiger partial charge in [0.05, 0.1) is 12.6 Å². The predicted octanol–water partition coefficient (Wildman–Crippen LogP) is 3.52. The molecule has 120 valence electrons. The van der Waals surface area contributed by atoms with Gasteiger partial charge in [-0.15, -0.1) is 0 Å². The van der Waals surface area contributed by atoms with Gasteiger partial charge in [0.1, 0.15) is 0 Å². The lowest BCUT2D eigenvalue weighted by molar-refractivity contribution is 0.0476. The summed E-state index contributed by atoms with van der Waals surface area (Å²) in [4.78, 5) is 15.1. The van der Waals surface area contributed by atoms with Crippen LogP contribution in [0.2, 0.25) is 0 Å². The van der Waals surface area contributed by atoms with Crippen LogP contribution in [0.5, 0.6) is 0 Å². The number of benzene rings is 2. The van der Waals surface area contributed by atoms with Crippen LogP contribution in [0.15, 0.2) is 42.5 Å². The predicted molar refractivity (Wildman–Crippen MR) is 91.6 cm³/mol. The summed E-state index contributed by atoms with van der Waals surface area (Å²) >= 11 is 0. The van der Waals surface area contributed by atoms with Gasteiger partial charge in [-0.25, -0.2) is 0 Å². The van der Waals surface area contributed by atoms with Crippen LogP contribution in [-0.4, -0.2) is 30.6 Å². The number of fused-ring (bicyclic) bond motifs is 1. The average Bonchev–Trinajstić information content (AvgIpc) is 2.56. The molecule has 0 saturated carbocycles. The maximum atomic E-state index is 13.1. The molecule has 1 aliphatic rings. The molecule has 3 rings (SSSR count). The molecule has 0 fully saturated rings. The number of hydrogen-bond acceptors (Lipinski definition) is 2. The van der Waals surface area contributed by atoms with Crippen molar-refractivity contribution in [3.63, 3.8) is 0 Å². The quantitative estimate of drug-likeness (QED) is 0.868. The number of amides is 1. The van der Waals surface area contributed by atoms with Gasteiger partial charge in [-0.1, -0.05) is 36.4 Å². The third-order valence-corrected chi connectivity index (χ3v) is 4.81. The summed E-state index contributed by atoms with van der Waals surface area (Å²) in [5.74, 6) is 0.0998. The molecule has 2 aromatic carbocycles. The first-order valence-corrected chi connectivity index (χ1v) is 8.04. The maximum absolute atomic E-state index is 13.1. The molecule has 0 spiro atoms. The SMILES string of the molecule is COCC1Cc2ccccc2CN1C(=O)c1cccc(C)c1C. The van der Waals surface area contributed by atoms with E-state index in [-0.39, 0.29) is 11.9 Å². The highest BCUT2D eigenvalue weighted by atomic mass is 16.5. The van der Waals surface area contributed by atoms with E-state index in [2.05, 4.69) is 18.2 Å². The lowest BCUT2D eigenvalue weighted by Gasteiger charge is -2.37. The zero-order valence-electron chi connectivity index (χ0n) is 14.0. The van der Waals surface area contributed by atoms with Crippen LogP contribution in [-0.2, 0) is 17.7 Å². The minimum Gasteiger partial charge on any atom is -0.383 e. The minimum atomic E-state index is 0.0855. The van der Waals surface area contributed by atoms with Gasteiger partial charge in [-0.3, -0.25) is 4.79 Å². The van der Waals surface area contributed by atoms with Crippen LogP contribution in [0, 0.1) is 13.8 Å². The molecular formula is C20H23NO2. The monoisotopic (exact) mass is 309 g/mol. The van der Waals surface area contributed by atoms with Crippen LogP contribution in [0.1, 0.15) is 32.6 Å². The molecule has 1 aliphatic heterocycles. The molecular weight excluding hydrogens is 286 g/mol. The topological polar surface area (TPSA) is 29.5 Å². The zero-order valence-corrected chi connectivity index (χ0v) is 14.0. The molecule has 0 aliphatic carbocycles. The number of carbonyl (C=O) groups excluding carboxylic acids is 1. The van der Waals surface area contributed by atoms with Gasteiger partial charge >= 0.3 is 0 Å². The van der Waals surface area contributed by atoms with Crippen LogP contribution in [0.25, 0.3) is 0 Å². The number of carbonyl (C=O) groups is 1. The Hall–Kier alpha value is -2.13. The molecule has 3 nitrogen and oxygen atoms in total. The second-order valence-corrected chi connectivity index (χ2v) is 6.26. The second-order valence-electron chi connectivity index (χ2n) is 6.26. The van der Waals surface area contributed by atoms with E-state index in [1.165, 1.54) is 11.1 Å². The fourth-order valence-corrected chi connectivity index (χ4v) is 3.30. The second kappa shape index (κ2) is 6.55.